The largest absolute Gasteiger partial charge is 0.484 e. The van der Waals surface area contributed by atoms with Crippen molar-refractivity contribution < 1.29 is 9.53 Å². The molecule has 1 N–H and O–H groups in total. The molecule has 0 unspecified atom stereocenters. The van der Waals surface area contributed by atoms with Crippen LogP contribution in [0.2, 0.25) is 5.02 Å². The molecule has 7 heteroatoms. The Labute approximate surface area is 145 Å². The third-order valence-corrected chi connectivity index (χ3v) is 3.90. The number of hydrogen-bond donors (Lipinski definition) is 1. The summed E-state index contributed by atoms with van der Waals surface area (Å²) in [4.78, 5) is 27.8. The zero-order valence-corrected chi connectivity index (χ0v) is 14.5. The van der Waals surface area contributed by atoms with E-state index in [4.69, 9.17) is 16.3 Å². The van der Waals surface area contributed by atoms with Gasteiger partial charge in [-0.05, 0) is 37.1 Å². The first-order valence-electron chi connectivity index (χ1n) is 7.70. The summed E-state index contributed by atoms with van der Waals surface area (Å²) in [6, 6.07) is 6.72. The first-order chi connectivity index (χ1) is 11.5. The van der Waals surface area contributed by atoms with Crippen molar-refractivity contribution >= 4 is 17.5 Å². The summed E-state index contributed by atoms with van der Waals surface area (Å²) in [5, 5.41) is 3.36. The van der Waals surface area contributed by atoms with E-state index in [1.807, 2.05) is 13.8 Å². The highest BCUT2D eigenvalue weighted by Crippen LogP contribution is 2.20. The van der Waals surface area contributed by atoms with Crippen LogP contribution in [-0.2, 0) is 17.8 Å². The average molecular weight is 350 g/mol. The van der Waals surface area contributed by atoms with Gasteiger partial charge in [-0.1, -0.05) is 18.5 Å². The fraction of sp³-hybridized carbons (Fsp3) is 0.353. The molecule has 1 aromatic heterocycles. The Morgan fingerprint density at radius 2 is 2.17 bits per heavy atom. The van der Waals surface area contributed by atoms with E-state index < -0.39 is 0 Å². The molecule has 0 aliphatic heterocycles. The summed E-state index contributed by atoms with van der Waals surface area (Å²) < 4.78 is 6.87. The molecule has 128 valence electrons. The number of carbonyl (C=O) groups is 1. The van der Waals surface area contributed by atoms with Gasteiger partial charge in [0.2, 0.25) is 0 Å². The van der Waals surface area contributed by atoms with E-state index in [1.54, 1.807) is 18.2 Å². The number of nitrogens with one attached hydrogen (secondary N) is 1. The maximum Gasteiger partial charge on any atom is 0.258 e. The van der Waals surface area contributed by atoms with E-state index in [0.29, 0.717) is 30.3 Å². The van der Waals surface area contributed by atoms with Crippen LogP contribution in [0, 0.1) is 6.92 Å². The number of ether oxygens (including phenoxy) is 1. The maximum absolute atomic E-state index is 11.8. The zero-order chi connectivity index (χ0) is 17.5. The van der Waals surface area contributed by atoms with Crippen molar-refractivity contribution in [3.8, 4) is 5.75 Å². The Morgan fingerprint density at radius 3 is 2.83 bits per heavy atom. The van der Waals surface area contributed by atoms with Crippen LogP contribution in [0.3, 0.4) is 0 Å². The van der Waals surface area contributed by atoms with Crippen LogP contribution >= 0.6 is 11.6 Å². The van der Waals surface area contributed by atoms with Crippen LogP contribution in [0.15, 0.2) is 35.4 Å². The molecule has 1 amide bonds. The first kappa shape index (κ1) is 18.0. The molecule has 0 atom stereocenters. The summed E-state index contributed by atoms with van der Waals surface area (Å²) in [5.74, 6) is 0.330. The number of benzene rings is 1. The van der Waals surface area contributed by atoms with Crippen LogP contribution < -0.4 is 15.6 Å². The lowest BCUT2D eigenvalue weighted by Gasteiger charge is -2.09. The Bertz CT molecular complexity index is 774. The van der Waals surface area contributed by atoms with E-state index >= 15 is 0 Å². The van der Waals surface area contributed by atoms with Crippen molar-refractivity contribution in [2.45, 2.75) is 26.8 Å². The molecule has 0 fully saturated rings. The summed E-state index contributed by atoms with van der Waals surface area (Å²) in [5.41, 5.74) is 1.52. The van der Waals surface area contributed by atoms with Gasteiger partial charge in [-0.2, -0.15) is 0 Å². The van der Waals surface area contributed by atoms with E-state index in [1.165, 1.54) is 17.0 Å². The molecule has 2 rings (SSSR count). The van der Waals surface area contributed by atoms with Crippen molar-refractivity contribution in [1.82, 2.24) is 14.9 Å². The summed E-state index contributed by atoms with van der Waals surface area (Å²) in [7, 11) is 0. The third-order valence-electron chi connectivity index (χ3n) is 3.47. The van der Waals surface area contributed by atoms with Gasteiger partial charge in [0, 0.05) is 29.9 Å². The molecule has 0 aliphatic rings. The van der Waals surface area contributed by atoms with E-state index in [0.717, 1.165) is 11.3 Å². The minimum absolute atomic E-state index is 0.0943. The average Bonchev–Trinajstić information content (AvgIpc) is 2.57. The lowest BCUT2D eigenvalue weighted by atomic mass is 10.2. The molecule has 2 aromatic rings. The SMILES string of the molecule is CCc1cc(=O)n(CCNC(=O)COc2ccc(Cl)c(C)c2)cn1. The van der Waals surface area contributed by atoms with Crippen LogP contribution in [-0.4, -0.2) is 28.6 Å². The minimum Gasteiger partial charge on any atom is -0.484 e. The quantitative estimate of drug-likeness (QED) is 0.829. The standard InChI is InChI=1S/C17H20ClN3O3/c1-3-13-9-17(23)21(11-20-13)7-6-19-16(22)10-24-14-4-5-15(18)12(2)8-14/h4-5,8-9,11H,3,6-7,10H2,1-2H3,(H,19,22). The molecule has 0 saturated heterocycles. The van der Waals surface area contributed by atoms with Gasteiger partial charge in [0.15, 0.2) is 6.61 Å². The topological polar surface area (TPSA) is 73.2 Å². The number of rotatable bonds is 7. The third kappa shape index (κ3) is 5.09. The van der Waals surface area contributed by atoms with Gasteiger partial charge in [-0.15, -0.1) is 0 Å². The summed E-state index contributed by atoms with van der Waals surface area (Å²) in [6.45, 7) is 4.40. The fourth-order valence-electron chi connectivity index (χ4n) is 2.05. The molecule has 1 aromatic carbocycles. The smallest absolute Gasteiger partial charge is 0.258 e. The van der Waals surface area contributed by atoms with Gasteiger partial charge in [-0.25, -0.2) is 4.98 Å². The fourth-order valence-corrected chi connectivity index (χ4v) is 2.16. The van der Waals surface area contributed by atoms with Crippen LogP contribution in [0.1, 0.15) is 18.2 Å². The summed E-state index contributed by atoms with van der Waals surface area (Å²) in [6.07, 6.45) is 2.22. The second-order valence-electron chi connectivity index (χ2n) is 5.32. The van der Waals surface area contributed by atoms with E-state index in [2.05, 4.69) is 10.3 Å². The zero-order valence-electron chi connectivity index (χ0n) is 13.7. The molecular weight excluding hydrogens is 330 g/mol. The number of nitrogens with zero attached hydrogens (tertiary/aromatic N) is 2. The molecule has 1 heterocycles. The van der Waals surface area contributed by atoms with Crippen molar-refractivity contribution in [2.24, 2.45) is 0 Å². The Kier molecular flexibility index (Phi) is 6.37. The Morgan fingerprint density at radius 1 is 1.38 bits per heavy atom. The van der Waals surface area contributed by atoms with Crippen LogP contribution in [0.5, 0.6) is 5.75 Å². The lowest BCUT2D eigenvalue weighted by molar-refractivity contribution is -0.123. The molecule has 0 radical (unpaired) electrons. The summed E-state index contributed by atoms with van der Waals surface area (Å²) >= 11 is 5.93. The molecule has 0 saturated carbocycles. The molecule has 24 heavy (non-hydrogen) atoms. The predicted octanol–water partition coefficient (Wildman–Crippen LogP) is 1.96. The number of carbonyl (C=O) groups excluding carboxylic acids is 1. The van der Waals surface area contributed by atoms with Gasteiger partial charge in [0.05, 0.1) is 6.33 Å². The number of halogens is 1. The Hall–Kier alpha value is -2.34. The molecule has 0 spiro atoms. The number of aromatic nitrogens is 2. The van der Waals surface area contributed by atoms with Gasteiger partial charge in [-0.3, -0.25) is 14.2 Å². The second kappa shape index (κ2) is 8.49. The van der Waals surface area contributed by atoms with Crippen molar-refractivity contribution in [2.75, 3.05) is 13.2 Å². The second-order valence-corrected chi connectivity index (χ2v) is 5.72. The minimum atomic E-state index is -0.256. The van der Waals surface area contributed by atoms with Crippen molar-refractivity contribution in [3.63, 3.8) is 0 Å². The van der Waals surface area contributed by atoms with Gasteiger partial charge < -0.3 is 10.1 Å². The monoisotopic (exact) mass is 349 g/mol. The van der Waals surface area contributed by atoms with Gasteiger partial charge in [0.25, 0.3) is 11.5 Å². The van der Waals surface area contributed by atoms with Gasteiger partial charge >= 0.3 is 0 Å². The first-order valence-corrected chi connectivity index (χ1v) is 8.08. The molecule has 0 bridgehead atoms. The molecular formula is C17H20ClN3O3. The Balaban J connectivity index is 1.77. The highest BCUT2D eigenvalue weighted by atomic mass is 35.5. The highest BCUT2D eigenvalue weighted by Gasteiger charge is 2.05. The normalized spacial score (nSPS) is 10.5. The van der Waals surface area contributed by atoms with Gasteiger partial charge in [0.1, 0.15) is 5.75 Å². The maximum atomic E-state index is 11.8. The van der Waals surface area contributed by atoms with E-state index in [-0.39, 0.29) is 18.1 Å². The molecule has 6 nitrogen and oxygen atoms in total. The highest BCUT2D eigenvalue weighted by molar-refractivity contribution is 6.31. The van der Waals surface area contributed by atoms with Crippen LogP contribution in [0.25, 0.3) is 0 Å². The number of aryl methyl sites for hydroxylation is 2. The van der Waals surface area contributed by atoms with Crippen molar-refractivity contribution in [1.29, 1.82) is 0 Å². The van der Waals surface area contributed by atoms with Crippen LogP contribution in [0.4, 0.5) is 0 Å². The van der Waals surface area contributed by atoms with E-state index in [9.17, 15) is 9.59 Å². The predicted molar refractivity (Wildman–Crippen MR) is 92.6 cm³/mol. The van der Waals surface area contributed by atoms with Crippen molar-refractivity contribution in [3.05, 3.63) is 57.2 Å². The lowest BCUT2D eigenvalue weighted by Crippen LogP contribution is -2.33. The number of hydrogen-bond acceptors (Lipinski definition) is 4. The molecule has 0 aliphatic carbocycles. The number of amides is 1.